The molecule has 0 bridgehead atoms. The van der Waals surface area contributed by atoms with Crippen LogP contribution in [-0.2, 0) is 10.0 Å². The quantitative estimate of drug-likeness (QED) is 0.608. The molecule has 6 nitrogen and oxygen atoms in total. The zero-order chi connectivity index (χ0) is 18.4. The summed E-state index contributed by atoms with van der Waals surface area (Å²) in [6, 6.07) is 12.8. The summed E-state index contributed by atoms with van der Waals surface area (Å²) in [4.78, 5) is 12.3. The van der Waals surface area contributed by atoms with Crippen LogP contribution in [0.4, 0.5) is 5.69 Å². The summed E-state index contributed by atoms with van der Waals surface area (Å²) in [5.74, 6) is -0.357. The van der Waals surface area contributed by atoms with Crippen LogP contribution < -0.4 is 10.0 Å². The van der Waals surface area contributed by atoms with Crippen molar-refractivity contribution in [2.75, 3.05) is 11.9 Å². The van der Waals surface area contributed by atoms with Crippen molar-refractivity contribution < 1.29 is 13.2 Å². The standard InChI is InChI=1S/C16H13Br2N3O3S/c17-12-4-7-15(14(18)10-12)21-16(22)11-2-5-13(6-3-11)25(23,24)20-9-1-8-19/h2-7,10,20H,1,9H2,(H,21,22). The van der Waals surface area contributed by atoms with Crippen molar-refractivity contribution >= 4 is 53.5 Å². The average molecular weight is 487 g/mol. The van der Waals surface area contributed by atoms with Crippen LogP contribution in [0.3, 0.4) is 0 Å². The number of hydrogen-bond donors (Lipinski definition) is 2. The highest BCUT2D eigenvalue weighted by molar-refractivity contribution is 9.11. The van der Waals surface area contributed by atoms with Gasteiger partial charge in [0, 0.05) is 27.5 Å². The maximum absolute atomic E-state index is 12.3. The summed E-state index contributed by atoms with van der Waals surface area (Å²) in [7, 11) is -3.69. The lowest BCUT2D eigenvalue weighted by Gasteiger charge is -2.09. The first-order chi connectivity index (χ1) is 11.8. The van der Waals surface area contributed by atoms with Crippen LogP contribution in [0.2, 0.25) is 0 Å². The van der Waals surface area contributed by atoms with Crippen molar-refractivity contribution in [2.24, 2.45) is 0 Å². The van der Waals surface area contributed by atoms with E-state index < -0.39 is 10.0 Å². The highest BCUT2D eigenvalue weighted by atomic mass is 79.9. The molecule has 0 heterocycles. The molecule has 0 saturated carbocycles. The first-order valence-corrected chi connectivity index (χ1v) is 10.1. The highest BCUT2D eigenvalue weighted by Crippen LogP contribution is 2.26. The van der Waals surface area contributed by atoms with E-state index in [0.717, 1.165) is 8.95 Å². The van der Waals surface area contributed by atoms with Crippen LogP contribution in [0.1, 0.15) is 16.8 Å². The second kappa shape index (κ2) is 8.58. The highest BCUT2D eigenvalue weighted by Gasteiger charge is 2.15. The van der Waals surface area contributed by atoms with E-state index in [1.807, 2.05) is 6.07 Å². The number of sulfonamides is 1. The van der Waals surface area contributed by atoms with Gasteiger partial charge >= 0.3 is 0 Å². The number of anilines is 1. The Hall–Kier alpha value is -1.73. The number of benzene rings is 2. The lowest BCUT2D eigenvalue weighted by atomic mass is 10.2. The molecule has 0 atom stereocenters. The van der Waals surface area contributed by atoms with Gasteiger partial charge in [0.25, 0.3) is 5.91 Å². The van der Waals surface area contributed by atoms with Crippen molar-refractivity contribution in [2.45, 2.75) is 11.3 Å². The van der Waals surface area contributed by atoms with Crippen molar-refractivity contribution in [3.8, 4) is 6.07 Å². The molecule has 2 aromatic carbocycles. The molecule has 0 aliphatic heterocycles. The molecule has 0 spiro atoms. The molecular weight excluding hydrogens is 474 g/mol. The SMILES string of the molecule is N#CCCNS(=O)(=O)c1ccc(C(=O)Nc2ccc(Br)cc2Br)cc1. The van der Waals surface area contributed by atoms with Crippen LogP contribution in [0.5, 0.6) is 0 Å². The molecule has 0 unspecified atom stereocenters. The van der Waals surface area contributed by atoms with E-state index in [0.29, 0.717) is 11.3 Å². The normalized spacial score (nSPS) is 10.9. The number of nitriles is 1. The lowest BCUT2D eigenvalue weighted by Crippen LogP contribution is -2.24. The third kappa shape index (κ3) is 5.37. The van der Waals surface area contributed by atoms with Crippen LogP contribution in [0.15, 0.2) is 56.3 Å². The van der Waals surface area contributed by atoms with E-state index in [2.05, 4.69) is 41.9 Å². The predicted molar refractivity (Wildman–Crippen MR) is 102 cm³/mol. The molecule has 0 fully saturated rings. The number of carbonyl (C=O) groups is 1. The Kier molecular flexibility index (Phi) is 6.72. The Balaban J connectivity index is 2.11. The fourth-order valence-corrected chi connectivity index (χ4v) is 4.07. The molecule has 2 rings (SSSR count). The van der Waals surface area contributed by atoms with Crippen LogP contribution in [-0.4, -0.2) is 20.9 Å². The Bertz CT molecular complexity index is 923. The molecule has 0 aromatic heterocycles. The van der Waals surface area contributed by atoms with Crippen molar-refractivity contribution in [3.63, 3.8) is 0 Å². The second-order valence-corrected chi connectivity index (χ2v) is 8.45. The first-order valence-electron chi connectivity index (χ1n) is 7.06. The maximum atomic E-state index is 12.3. The Morgan fingerprint density at radius 3 is 2.40 bits per heavy atom. The van der Waals surface area contributed by atoms with Gasteiger partial charge in [0.05, 0.1) is 16.7 Å². The van der Waals surface area contributed by atoms with Crippen LogP contribution in [0, 0.1) is 11.3 Å². The van der Waals surface area contributed by atoms with Gasteiger partial charge < -0.3 is 5.32 Å². The average Bonchev–Trinajstić information content (AvgIpc) is 2.57. The molecule has 2 aromatic rings. The maximum Gasteiger partial charge on any atom is 0.255 e. The number of halogens is 2. The van der Waals surface area contributed by atoms with Crippen LogP contribution >= 0.6 is 31.9 Å². The largest absolute Gasteiger partial charge is 0.321 e. The van der Waals surface area contributed by atoms with Crippen molar-refractivity contribution in [1.82, 2.24) is 4.72 Å². The molecule has 1 amide bonds. The van der Waals surface area contributed by atoms with E-state index in [1.165, 1.54) is 24.3 Å². The zero-order valence-electron chi connectivity index (χ0n) is 12.8. The van der Waals surface area contributed by atoms with Gasteiger partial charge in [0.2, 0.25) is 10.0 Å². The molecule has 130 valence electrons. The van der Waals surface area contributed by atoms with Gasteiger partial charge in [0.1, 0.15) is 0 Å². The summed E-state index contributed by atoms with van der Waals surface area (Å²) in [6.07, 6.45) is 0.0851. The number of carbonyl (C=O) groups excluding carboxylic acids is 1. The minimum Gasteiger partial charge on any atom is -0.321 e. The number of hydrogen-bond acceptors (Lipinski definition) is 4. The molecule has 9 heteroatoms. The van der Waals surface area contributed by atoms with E-state index in [9.17, 15) is 13.2 Å². The smallest absolute Gasteiger partial charge is 0.255 e. The minimum absolute atomic E-state index is 0.0341. The number of rotatable bonds is 6. The van der Waals surface area contributed by atoms with E-state index in [1.54, 1.807) is 18.2 Å². The zero-order valence-corrected chi connectivity index (χ0v) is 16.8. The Morgan fingerprint density at radius 1 is 1.12 bits per heavy atom. The minimum atomic E-state index is -3.69. The van der Waals surface area contributed by atoms with E-state index in [-0.39, 0.29) is 23.8 Å². The van der Waals surface area contributed by atoms with Gasteiger partial charge in [0.15, 0.2) is 0 Å². The topological polar surface area (TPSA) is 99.1 Å². The number of nitrogens with one attached hydrogen (secondary N) is 2. The molecular formula is C16H13Br2N3O3S. The van der Waals surface area contributed by atoms with Gasteiger partial charge in [-0.1, -0.05) is 15.9 Å². The van der Waals surface area contributed by atoms with E-state index >= 15 is 0 Å². The molecule has 2 N–H and O–H groups in total. The lowest BCUT2D eigenvalue weighted by molar-refractivity contribution is 0.102. The monoisotopic (exact) mass is 485 g/mol. The summed E-state index contributed by atoms with van der Waals surface area (Å²) in [6.45, 7) is 0.0403. The fourth-order valence-electron chi connectivity index (χ4n) is 1.90. The molecule has 0 aliphatic rings. The summed E-state index contributed by atoms with van der Waals surface area (Å²) in [5, 5.41) is 11.2. The number of amides is 1. The molecule has 0 aliphatic carbocycles. The molecule has 0 radical (unpaired) electrons. The van der Waals surface area contributed by atoms with E-state index in [4.69, 9.17) is 5.26 Å². The second-order valence-electron chi connectivity index (χ2n) is 4.91. The van der Waals surface area contributed by atoms with Crippen LogP contribution in [0.25, 0.3) is 0 Å². The van der Waals surface area contributed by atoms with Gasteiger partial charge in [-0.3, -0.25) is 4.79 Å². The molecule has 0 saturated heterocycles. The van der Waals surface area contributed by atoms with Gasteiger partial charge in [-0.15, -0.1) is 0 Å². The van der Waals surface area contributed by atoms with Gasteiger partial charge in [-0.05, 0) is 58.4 Å². The van der Waals surface area contributed by atoms with Gasteiger partial charge in [-0.2, -0.15) is 5.26 Å². The third-order valence-corrected chi connectivity index (χ3v) is 5.76. The Labute approximate surface area is 162 Å². The van der Waals surface area contributed by atoms with Gasteiger partial charge in [-0.25, -0.2) is 13.1 Å². The van der Waals surface area contributed by atoms with Crippen molar-refractivity contribution in [3.05, 3.63) is 57.0 Å². The predicted octanol–water partition coefficient (Wildman–Crippen LogP) is 3.66. The summed E-state index contributed by atoms with van der Waals surface area (Å²) in [5.41, 5.74) is 0.925. The first kappa shape index (κ1) is 19.6. The summed E-state index contributed by atoms with van der Waals surface area (Å²) >= 11 is 6.69. The van der Waals surface area contributed by atoms with Crippen molar-refractivity contribution in [1.29, 1.82) is 5.26 Å². The number of nitrogens with zero attached hydrogens (tertiary/aromatic N) is 1. The fraction of sp³-hybridized carbons (Fsp3) is 0.125. The summed E-state index contributed by atoms with van der Waals surface area (Å²) < 4.78 is 28.0. The Morgan fingerprint density at radius 2 is 1.80 bits per heavy atom. The third-order valence-electron chi connectivity index (χ3n) is 3.14. The molecule has 25 heavy (non-hydrogen) atoms.